The van der Waals surface area contributed by atoms with Crippen molar-refractivity contribution < 1.29 is 4.79 Å². The molecule has 1 aromatic rings. The van der Waals surface area contributed by atoms with Gasteiger partial charge in [0, 0.05) is 6.54 Å². The van der Waals surface area contributed by atoms with E-state index in [1.165, 1.54) is 5.56 Å². The summed E-state index contributed by atoms with van der Waals surface area (Å²) in [6, 6.07) is 10.4. The molecule has 19 heavy (non-hydrogen) atoms. The van der Waals surface area contributed by atoms with Gasteiger partial charge in [-0.3, -0.25) is 10.1 Å². The van der Waals surface area contributed by atoms with E-state index in [1.807, 2.05) is 11.0 Å². The molecule has 0 saturated carbocycles. The van der Waals surface area contributed by atoms with Crippen molar-refractivity contribution in [2.75, 3.05) is 13.2 Å². The van der Waals surface area contributed by atoms with Gasteiger partial charge in [0.05, 0.1) is 12.7 Å². The number of benzene rings is 1. The van der Waals surface area contributed by atoms with Gasteiger partial charge in [-0.05, 0) is 24.3 Å². The first-order valence-corrected chi connectivity index (χ1v) is 7.26. The summed E-state index contributed by atoms with van der Waals surface area (Å²) in [6.07, 6.45) is 2.97. The monoisotopic (exact) mass is 260 g/mol. The van der Waals surface area contributed by atoms with Crippen molar-refractivity contribution in [1.82, 2.24) is 10.2 Å². The summed E-state index contributed by atoms with van der Waals surface area (Å²) >= 11 is 0. The van der Waals surface area contributed by atoms with E-state index in [-0.39, 0.29) is 11.9 Å². The largest absolute Gasteiger partial charge is 0.328 e. The Morgan fingerprint density at radius 3 is 2.79 bits per heavy atom. The van der Waals surface area contributed by atoms with E-state index in [1.54, 1.807) is 0 Å². The average Bonchev–Trinajstić information content (AvgIpc) is 2.78. The standard InChI is InChI=1S/C16H24N2O/c1-3-13(2)11-18-12-17-15(16(18)19)10-9-14-7-5-4-6-8-14/h4-8,13,15,17H,3,9-12H2,1-2H3. The van der Waals surface area contributed by atoms with Crippen molar-refractivity contribution in [3.05, 3.63) is 35.9 Å². The van der Waals surface area contributed by atoms with Gasteiger partial charge >= 0.3 is 0 Å². The quantitative estimate of drug-likeness (QED) is 0.852. The number of aryl methyl sites for hydroxylation is 1. The fraction of sp³-hybridized carbons (Fsp3) is 0.562. The van der Waals surface area contributed by atoms with Crippen LogP contribution in [0.3, 0.4) is 0 Å². The van der Waals surface area contributed by atoms with Crippen LogP contribution in [-0.4, -0.2) is 30.1 Å². The molecule has 0 bridgehead atoms. The van der Waals surface area contributed by atoms with Gasteiger partial charge in [-0.2, -0.15) is 0 Å². The Bertz CT molecular complexity index is 404. The molecule has 1 saturated heterocycles. The molecule has 2 atom stereocenters. The molecule has 2 unspecified atom stereocenters. The summed E-state index contributed by atoms with van der Waals surface area (Å²) in [5.74, 6) is 0.856. The number of carbonyl (C=O) groups is 1. The minimum Gasteiger partial charge on any atom is -0.328 e. The number of rotatable bonds is 6. The summed E-state index contributed by atoms with van der Waals surface area (Å²) in [5.41, 5.74) is 1.30. The van der Waals surface area contributed by atoms with Crippen molar-refractivity contribution in [3.63, 3.8) is 0 Å². The van der Waals surface area contributed by atoms with Crippen LogP contribution in [-0.2, 0) is 11.2 Å². The molecule has 1 aliphatic heterocycles. The number of carbonyl (C=O) groups excluding carboxylic acids is 1. The second-order valence-electron chi connectivity index (χ2n) is 5.51. The third-order valence-electron chi connectivity index (χ3n) is 3.93. The first-order valence-electron chi connectivity index (χ1n) is 7.26. The van der Waals surface area contributed by atoms with E-state index in [4.69, 9.17) is 0 Å². The highest BCUT2D eigenvalue weighted by Crippen LogP contribution is 2.13. The third-order valence-corrected chi connectivity index (χ3v) is 3.93. The maximum atomic E-state index is 12.2. The zero-order valence-electron chi connectivity index (χ0n) is 11.9. The fourth-order valence-electron chi connectivity index (χ4n) is 2.45. The second kappa shape index (κ2) is 6.71. The Labute approximate surface area is 116 Å². The lowest BCUT2D eigenvalue weighted by atomic mass is 10.0. The lowest BCUT2D eigenvalue weighted by Gasteiger charge is -2.19. The van der Waals surface area contributed by atoms with E-state index in [0.717, 1.165) is 25.8 Å². The van der Waals surface area contributed by atoms with Crippen LogP contribution >= 0.6 is 0 Å². The smallest absolute Gasteiger partial charge is 0.240 e. The van der Waals surface area contributed by atoms with Crippen LogP contribution in [0.4, 0.5) is 0 Å². The first kappa shape index (κ1) is 14.1. The predicted octanol–water partition coefficient (Wildman–Crippen LogP) is 2.42. The summed E-state index contributed by atoms with van der Waals surface area (Å²) in [4.78, 5) is 14.2. The van der Waals surface area contributed by atoms with Crippen LogP contribution in [0.1, 0.15) is 32.3 Å². The first-order chi connectivity index (χ1) is 9.20. The zero-order valence-corrected chi connectivity index (χ0v) is 11.9. The molecule has 0 aliphatic carbocycles. The maximum absolute atomic E-state index is 12.2. The fourth-order valence-corrected chi connectivity index (χ4v) is 2.45. The maximum Gasteiger partial charge on any atom is 0.240 e. The molecule has 1 N–H and O–H groups in total. The van der Waals surface area contributed by atoms with Crippen molar-refractivity contribution >= 4 is 5.91 Å². The Hall–Kier alpha value is -1.35. The van der Waals surface area contributed by atoms with Crippen molar-refractivity contribution in [1.29, 1.82) is 0 Å². The van der Waals surface area contributed by atoms with E-state index in [2.05, 4.69) is 43.4 Å². The number of hydrogen-bond donors (Lipinski definition) is 1. The Kier molecular flexibility index (Phi) is 4.97. The third kappa shape index (κ3) is 3.80. The lowest BCUT2D eigenvalue weighted by molar-refractivity contribution is -0.129. The van der Waals surface area contributed by atoms with Crippen LogP contribution in [0.15, 0.2) is 30.3 Å². The minimum atomic E-state index is 0.00395. The van der Waals surface area contributed by atoms with Crippen molar-refractivity contribution in [3.8, 4) is 0 Å². The van der Waals surface area contributed by atoms with Gasteiger partial charge in [0.15, 0.2) is 0 Å². The van der Waals surface area contributed by atoms with Gasteiger partial charge < -0.3 is 4.90 Å². The van der Waals surface area contributed by atoms with Gasteiger partial charge in [-0.1, -0.05) is 50.6 Å². The summed E-state index contributed by atoms with van der Waals surface area (Å²) in [7, 11) is 0. The highest BCUT2D eigenvalue weighted by molar-refractivity contribution is 5.83. The number of amides is 1. The molecule has 1 aromatic carbocycles. The van der Waals surface area contributed by atoms with Gasteiger partial charge in [-0.25, -0.2) is 0 Å². The van der Waals surface area contributed by atoms with E-state index < -0.39 is 0 Å². The molecule has 1 aliphatic rings. The van der Waals surface area contributed by atoms with Crippen LogP contribution in [0, 0.1) is 5.92 Å². The van der Waals surface area contributed by atoms with Gasteiger partial charge in [0.1, 0.15) is 0 Å². The molecule has 1 heterocycles. The molecule has 0 spiro atoms. The highest BCUT2D eigenvalue weighted by atomic mass is 16.2. The highest BCUT2D eigenvalue weighted by Gasteiger charge is 2.30. The molecular formula is C16H24N2O. The van der Waals surface area contributed by atoms with Gasteiger partial charge in [0.25, 0.3) is 0 Å². The molecule has 104 valence electrons. The molecule has 3 nitrogen and oxygen atoms in total. The second-order valence-corrected chi connectivity index (χ2v) is 5.51. The van der Waals surface area contributed by atoms with Gasteiger partial charge in [0.2, 0.25) is 5.91 Å². The SMILES string of the molecule is CCC(C)CN1CNC(CCc2ccccc2)C1=O. The summed E-state index contributed by atoms with van der Waals surface area (Å²) in [5, 5.41) is 3.33. The van der Waals surface area contributed by atoms with Crippen molar-refractivity contribution in [2.24, 2.45) is 5.92 Å². The van der Waals surface area contributed by atoms with E-state index >= 15 is 0 Å². The number of hydrogen-bond acceptors (Lipinski definition) is 2. The Balaban J connectivity index is 1.81. The topological polar surface area (TPSA) is 32.3 Å². The molecule has 3 heteroatoms. The number of nitrogens with zero attached hydrogens (tertiary/aromatic N) is 1. The van der Waals surface area contributed by atoms with Crippen LogP contribution in [0.25, 0.3) is 0 Å². The lowest BCUT2D eigenvalue weighted by Crippen LogP contribution is -2.33. The Morgan fingerprint density at radius 1 is 1.37 bits per heavy atom. The zero-order chi connectivity index (χ0) is 13.7. The van der Waals surface area contributed by atoms with Crippen LogP contribution < -0.4 is 5.32 Å². The summed E-state index contributed by atoms with van der Waals surface area (Å²) in [6.45, 7) is 5.96. The van der Waals surface area contributed by atoms with E-state index in [0.29, 0.717) is 12.6 Å². The molecule has 2 rings (SSSR count). The minimum absolute atomic E-state index is 0.00395. The molecule has 0 aromatic heterocycles. The molecular weight excluding hydrogens is 236 g/mol. The van der Waals surface area contributed by atoms with Crippen LogP contribution in [0.2, 0.25) is 0 Å². The van der Waals surface area contributed by atoms with E-state index in [9.17, 15) is 4.79 Å². The predicted molar refractivity (Wildman–Crippen MR) is 77.7 cm³/mol. The van der Waals surface area contributed by atoms with Gasteiger partial charge in [-0.15, -0.1) is 0 Å². The van der Waals surface area contributed by atoms with Crippen LogP contribution in [0.5, 0.6) is 0 Å². The van der Waals surface area contributed by atoms with Crippen molar-refractivity contribution in [2.45, 2.75) is 39.2 Å². The number of nitrogens with one attached hydrogen (secondary N) is 1. The average molecular weight is 260 g/mol. The summed E-state index contributed by atoms with van der Waals surface area (Å²) < 4.78 is 0. The molecule has 0 radical (unpaired) electrons. The Morgan fingerprint density at radius 2 is 2.11 bits per heavy atom. The molecule has 1 amide bonds. The normalized spacial score (nSPS) is 20.8. The molecule has 1 fully saturated rings.